The first kappa shape index (κ1) is 15.8. The fourth-order valence-corrected chi connectivity index (χ4v) is 1.98. The molecular weight excluding hydrogens is 257 g/mol. The third kappa shape index (κ3) is 5.11. The zero-order valence-electron chi connectivity index (χ0n) is 11.1. The van der Waals surface area contributed by atoms with Crippen molar-refractivity contribution in [2.24, 2.45) is 0 Å². The van der Waals surface area contributed by atoms with Crippen LogP contribution in [0.25, 0.3) is 0 Å². The lowest BCUT2D eigenvalue weighted by Crippen LogP contribution is -2.25. The molecule has 0 spiro atoms. The molecule has 0 aliphatic heterocycles. The molecule has 0 heterocycles. The lowest BCUT2D eigenvalue weighted by atomic mass is 9.89. The number of benzene rings is 1. The third-order valence-electron chi connectivity index (χ3n) is 2.96. The van der Waals surface area contributed by atoms with Gasteiger partial charge in [0, 0.05) is 5.56 Å². The molecular formula is C14H19F3O2. The molecule has 1 atom stereocenters. The monoisotopic (exact) mass is 276 g/mol. The summed E-state index contributed by atoms with van der Waals surface area (Å²) in [5, 5.41) is 10.3. The smallest absolute Gasteiger partial charge is 0.405 e. The summed E-state index contributed by atoms with van der Waals surface area (Å²) in [6.45, 7) is 3.54. The van der Waals surface area contributed by atoms with E-state index in [4.69, 9.17) is 0 Å². The van der Waals surface area contributed by atoms with Gasteiger partial charge in [-0.15, -0.1) is 13.2 Å². The third-order valence-corrected chi connectivity index (χ3v) is 2.96. The Bertz CT molecular complexity index is 400. The first-order valence-electron chi connectivity index (χ1n) is 6.34. The van der Waals surface area contributed by atoms with Crippen LogP contribution in [0.3, 0.4) is 0 Å². The number of ether oxygens (including phenoxy) is 1. The van der Waals surface area contributed by atoms with E-state index in [1.165, 1.54) is 25.1 Å². The predicted octanol–water partition coefficient (Wildman–Crippen LogP) is 4.37. The van der Waals surface area contributed by atoms with Crippen LogP contribution in [0.2, 0.25) is 0 Å². The Labute approximate surface area is 111 Å². The molecule has 2 nitrogen and oxygen atoms in total. The van der Waals surface area contributed by atoms with E-state index in [-0.39, 0.29) is 11.3 Å². The standard InChI is InChI=1S/C14H19F3O2/c1-3-4-7-10-13(2,18)11-8-5-6-9-12(11)19-14(15,16)17/h5-6,8-9,18H,3-4,7,10H2,1-2H3. The van der Waals surface area contributed by atoms with Crippen molar-refractivity contribution >= 4 is 0 Å². The summed E-state index contributed by atoms with van der Waals surface area (Å²) in [5.41, 5.74) is -1.15. The summed E-state index contributed by atoms with van der Waals surface area (Å²) >= 11 is 0. The molecule has 0 saturated heterocycles. The Balaban J connectivity index is 2.92. The molecule has 0 radical (unpaired) electrons. The average molecular weight is 276 g/mol. The van der Waals surface area contributed by atoms with E-state index in [0.29, 0.717) is 6.42 Å². The number of hydrogen-bond donors (Lipinski definition) is 1. The van der Waals surface area contributed by atoms with E-state index >= 15 is 0 Å². The van der Waals surface area contributed by atoms with Crippen molar-refractivity contribution < 1.29 is 23.0 Å². The molecule has 1 unspecified atom stereocenters. The van der Waals surface area contributed by atoms with Gasteiger partial charge in [-0.3, -0.25) is 0 Å². The maximum absolute atomic E-state index is 12.3. The van der Waals surface area contributed by atoms with Crippen LogP contribution in [0, 0.1) is 0 Å². The molecule has 0 aliphatic carbocycles. The van der Waals surface area contributed by atoms with Crippen molar-refractivity contribution in [3.8, 4) is 5.75 Å². The molecule has 0 fully saturated rings. The zero-order chi connectivity index (χ0) is 14.5. The molecule has 1 aromatic carbocycles. The highest BCUT2D eigenvalue weighted by molar-refractivity contribution is 5.37. The molecule has 0 aromatic heterocycles. The Morgan fingerprint density at radius 3 is 2.37 bits per heavy atom. The van der Waals surface area contributed by atoms with Gasteiger partial charge in [-0.2, -0.15) is 0 Å². The van der Waals surface area contributed by atoms with Gasteiger partial charge in [-0.25, -0.2) is 0 Å². The Morgan fingerprint density at radius 1 is 1.16 bits per heavy atom. The summed E-state index contributed by atoms with van der Waals surface area (Å²) in [5.74, 6) is -0.337. The molecule has 5 heteroatoms. The molecule has 0 bridgehead atoms. The number of aliphatic hydroxyl groups is 1. The largest absolute Gasteiger partial charge is 0.573 e. The maximum atomic E-state index is 12.3. The average Bonchev–Trinajstić information content (AvgIpc) is 2.27. The van der Waals surface area contributed by atoms with Gasteiger partial charge in [0.15, 0.2) is 0 Å². The minimum absolute atomic E-state index is 0.170. The number of alkyl halides is 3. The van der Waals surface area contributed by atoms with Crippen LogP contribution in [-0.2, 0) is 5.60 Å². The molecule has 0 aliphatic rings. The van der Waals surface area contributed by atoms with Crippen molar-refractivity contribution in [1.82, 2.24) is 0 Å². The van der Waals surface area contributed by atoms with Gasteiger partial charge in [0.25, 0.3) is 0 Å². The van der Waals surface area contributed by atoms with Crippen LogP contribution >= 0.6 is 0 Å². The Morgan fingerprint density at radius 2 is 1.79 bits per heavy atom. The molecule has 0 amide bonds. The first-order chi connectivity index (χ1) is 8.76. The second-order valence-electron chi connectivity index (χ2n) is 4.77. The summed E-state index contributed by atoms with van der Waals surface area (Å²) in [4.78, 5) is 0. The molecule has 1 rings (SSSR count). The van der Waals surface area contributed by atoms with Crippen molar-refractivity contribution in [2.75, 3.05) is 0 Å². The second kappa shape index (κ2) is 6.28. The summed E-state index contributed by atoms with van der Waals surface area (Å²) < 4.78 is 40.9. The molecule has 1 N–H and O–H groups in total. The second-order valence-corrected chi connectivity index (χ2v) is 4.77. The SMILES string of the molecule is CCCCCC(C)(O)c1ccccc1OC(F)(F)F. The van der Waals surface area contributed by atoms with Crippen LogP contribution < -0.4 is 4.74 Å². The first-order valence-corrected chi connectivity index (χ1v) is 6.34. The Hall–Kier alpha value is -1.23. The van der Waals surface area contributed by atoms with Crippen LogP contribution in [0.15, 0.2) is 24.3 Å². The number of rotatable bonds is 6. The van der Waals surface area contributed by atoms with Gasteiger partial charge in [0.1, 0.15) is 5.75 Å². The van der Waals surface area contributed by atoms with Crippen LogP contribution in [-0.4, -0.2) is 11.5 Å². The van der Waals surface area contributed by atoms with E-state index < -0.39 is 12.0 Å². The van der Waals surface area contributed by atoms with Crippen molar-refractivity contribution in [3.63, 3.8) is 0 Å². The molecule has 0 saturated carbocycles. The maximum Gasteiger partial charge on any atom is 0.573 e. The topological polar surface area (TPSA) is 29.5 Å². The van der Waals surface area contributed by atoms with Crippen molar-refractivity contribution in [3.05, 3.63) is 29.8 Å². The number of halogens is 3. The lowest BCUT2D eigenvalue weighted by molar-refractivity contribution is -0.275. The summed E-state index contributed by atoms with van der Waals surface area (Å²) in [6, 6.07) is 5.73. The van der Waals surface area contributed by atoms with Crippen molar-refractivity contribution in [1.29, 1.82) is 0 Å². The Kier molecular flexibility index (Phi) is 5.23. The van der Waals surface area contributed by atoms with E-state index in [2.05, 4.69) is 4.74 Å². The van der Waals surface area contributed by atoms with E-state index in [9.17, 15) is 18.3 Å². The highest BCUT2D eigenvalue weighted by Gasteiger charge is 2.35. The van der Waals surface area contributed by atoms with Crippen LogP contribution in [0.4, 0.5) is 13.2 Å². The normalized spacial score (nSPS) is 15.1. The minimum Gasteiger partial charge on any atom is -0.405 e. The van der Waals surface area contributed by atoms with Crippen molar-refractivity contribution in [2.45, 2.75) is 51.5 Å². The molecule has 108 valence electrons. The highest BCUT2D eigenvalue weighted by Crippen LogP contribution is 2.36. The molecule has 19 heavy (non-hydrogen) atoms. The summed E-state index contributed by atoms with van der Waals surface area (Å²) in [6.07, 6.45) is -1.69. The fourth-order valence-electron chi connectivity index (χ4n) is 1.98. The quantitative estimate of drug-likeness (QED) is 0.782. The zero-order valence-corrected chi connectivity index (χ0v) is 11.1. The molecule has 1 aromatic rings. The van der Waals surface area contributed by atoms with Crippen LogP contribution in [0.5, 0.6) is 5.75 Å². The van der Waals surface area contributed by atoms with Gasteiger partial charge in [-0.05, 0) is 19.4 Å². The highest BCUT2D eigenvalue weighted by atomic mass is 19.4. The van der Waals surface area contributed by atoms with Gasteiger partial charge in [-0.1, -0.05) is 44.4 Å². The lowest BCUT2D eigenvalue weighted by Gasteiger charge is -2.26. The predicted molar refractivity (Wildman–Crippen MR) is 66.8 cm³/mol. The van der Waals surface area contributed by atoms with Gasteiger partial charge in [0.05, 0.1) is 5.60 Å². The fraction of sp³-hybridized carbons (Fsp3) is 0.571. The van der Waals surface area contributed by atoms with E-state index in [0.717, 1.165) is 19.3 Å². The van der Waals surface area contributed by atoms with Crippen LogP contribution in [0.1, 0.15) is 45.1 Å². The van der Waals surface area contributed by atoms with E-state index in [1.807, 2.05) is 6.92 Å². The minimum atomic E-state index is -4.75. The van der Waals surface area contributed by atoms with Gasteiger partial charge < -0.3 is 9.84 Å². The number of hydrogen-bond acceptors (Lipinski definition) is 2. The number of para-hydroxylation sites is 1. The van der Waals surface area contributed by atoms with Gasteiger partial charge >= 0.3 is 6.36 Å². The van der Waals surface area contributed by atoms with E-state index in [1.54, 1.807) is 6.07 Å². The number of unbranched alkanes of at least 4 members (excludes halogenated alkanes) is 2. The summed E-state index contributed by atoms with van der Waals surface area (Å²) in [7, 11) is 0. The van der Waals surface area contributed by atoms with Gasteiger partial charge in [0.2, 0.25) is 0 Å².